The third kappa shape index (κ3) is 2.92. The Bertz CT molecular complexity index is 302. The van der Waals surface area contributed by atoms with Crippen LogP contribution in [0.25, 0.3) is 0 Å². The van der Waals surface area contributed by atoms with Crippen LogP contribution in [-0.4, -0.2) is 18.6 Å². The van der Waals surface area contributed by atoms with Gasteiger partial charge in [-0.15, -0.1) is 23.5 Å². The number of hydrogen-bond acceptors (Lipinski definition) is 3. The van der Waals surface area contributed by atoms with E-state index in [-0.39, 0.29) is 0 Å². The lowest BCUT2D eigenvalue weighted by Gasteiger charge is -2.27. The van der Waals surface area contributed by atoms with Crippen LogP contribution in [0.4, 0.5) is 0 Å². The predicted octanol–water partition coefficient (Wildman–Crippen LogP) is 3.38. The van der Waals surface area contributed by atoms with Crippen LogP contribution in [0.5, 0.6) is 0 Å². The number of thioether (sulfide) groups is 2. The van der Waals surface area contributed by atoms with Gasteiger partial charge in [-0.2, -0.15) is 0 Å². The molecule has 2 rings (SSSR count). The topological polar surface area (TPSA) is 12.0 Å². The van der Waals surface area contributed by atoms with E-state index in [1.54, 1.807) is 11.8 Å². The van der Waals surface area contributed by atoms with Gasteiger partial charge in [0.1, 0.15) is 0 Å². The number of benzene rings is 1. The largest absolute Gasteiger partial charge is 0.301 e. The van der Waals surface area contributed by atoms with Crippen molar-refractivity contribution in [2.45, 2.75) is 17.2 Å². The van der Waals surface area contributed by atoms with Gasteiger partial charge >= 0.3 is 0 Å². The van der Waals surface area contributed by atoms with Crippen molar-refractivity contribution in [1.29, 1.82) is 0 Å². The summed E-state index contributed by atoms with van der Waals surface area (Å²) in [5.74, 6) is 2.07. The number of nitrogens with one attached hydrogen (secondary N) is 1. The summed E-state index contributed by atoms with van der Waals surface area (Å²) in [7, 11) is 0. The first kappa shape index (κ1) is 11.4. The highest BCUT2D eigenvalue weighted by Gasteiger charge is 2.18. The average Bonchev–Trinajstić information content (AvgIpc) is 2.30. The zero-order chi connectivity index (χ0) is 10.7. The Morgan fingerprint density at radius 2 is 2.07 bits per heavy atom. The molecular weight excluding hydrogens is 222 g/mol. The normalized spacial score (nSPS) is 26.5. The van der Waals surface area contributed by atoms with E-state index in [9.17, 15) is 0 Å². The minimum absolute atomic E-state index is 0.497. The van der Waals surface area contributed by atoms with Crippen LogP contribution in [0, 0.1) is 5.92 Å². The zero-order valence-corrected chi connectivity index (χ0v) is 10.8. The molecule has 2 unspecified atom stereocenters. The third-order valence-corrected chi connectivity index (χ3v) is 4.89. The minimum Gasteiger partial charge on any atom is -0.301 e. The molecule has 1 N–H and O–H groups in total. The molecule has 1 aromatic carbocycles. The molecule has 1 aliphatic rings. The van der Waals surface area contributed by atoms with Gasteiger partial charge in [-0.3, -0.25) is 0 Å². The Hall–Kier alpha value is -0.120. The van der Waals surface area contributed by atoms with Crippen molar-refractivity contribution in [3.63, 3.8) is 0 Å². The maximum absolute atomic E-state index is 3.58. The second-order valence-electron chi connectivity index (χ2n) is 4.00. The maximum atomic E-state index is 3.58. The second kappa shape index (κ2) is 5.28. The highest BCUT2D eigenvalue weighted by Crippen LogP contribution is 2.32. The highest BCUT2D eigenvalue weighted by molar-refractivity contribution is 7.99. The molecule has 0 radical (unpaired) electrons. The molecule has 1 fully saturated rings. The van der Waals surface area contributed by atoms with Crippen LogP contribution in [0.1, 0.15) is 17.9 Å². The Kier molecular flexibility index (Phi) is 4.00. The van der Waals surface area contributed by atoms with Gasteiger partial charge in [-0.05, 0) is 42.2 Å². The van der Waals surface area contributed by atoms with E-state index >= 15 is 0 Å². The predicted molar refractivity (Wildman–Crippen MR) is 70.6 cm³/mol. The van der Waals surface area contributed by atoms with Crippen LogP contribution in [0.2, 0.25) is 0 Å². The van der Waals surface area contributed by atoms with Crippen LogP contribution in [-0.2, 0) is 0 Å². The van der Waals surface area contributed by atoms with Crippen LogP contribution in [0.3, 0.4) is 0 Å². The van der Waals surface area contributed by atoms with Gasteiger partial charge in [0.05, 0.1) is 5.37 Å². The Morgan fingerprint density at radius 1 is 1.33 bits per heavy atom. The summed E-state index contributed by atoms with van der Waals surface area (Å²) in [5.41, 5.74) is 1.41. The van der Waals surface area contributed by atoms with Crippen molar-refractivity contribution >= 4 is 23.5 Å². The third-order valence-electron chi connectivity index (χ3n) is 2.62. The molecule has 1 aromatic rings. The minimum atomic E-state index is 0.497. The summed E-state index contributed by atoms with van der Waals surface area (Å²) in [6.45, 7) is 3.44. The second-order valence-corrected chi connectivity index (χ2v) is 6.02. The number of rotatable bonds is 2. The summed E-state index contributed by atoms with van der Waals surface area (Å²) >= 11 is 3.82. The molecule has 0 bridgehead atoms. The summed E-state index contributed by atoms with van der Waals surface area (Å²) in [6.07, 6.45) is 2.12. The molecule has 1 saturated heterocycles. The van der Waals surface area contributed by atoms with Crippen LogP contribution in [0.15, 0.2) is 29.2 Å². The summed E-state index contributed by atoms with van der Waals surface area (Å²) in [5, 5.41) is 4.08. The lowest BCUT2D eigenvalue weighted by Crippen LogP contribution is -2.31. The Balaban J connectivity index is 2.03. The zero-order valence-electron chi connectivity index (χ0n) is 9.19. The van der Waals surface area contributed by atoms with Crippen LogP contribution >= 0.6 is 23.5 Å². The number of hydrogen-bond donors (Lipinski definition) is 1. The molecule has 0 spiro atoms. The Labute approximate surface area is 100 Å². The van der Waals surface area contributed by atoms with E-state index in [4.69, 9.17) is 0 Å². The van der Waals surface area contributed by atoms with Gasteiger partial charge in [0.2, 0.25) is 0 Å². The fourth-order valence-electron chi connectivity index (χ4n) is 1.68. The molecular formula is C12H17NS2. The first-order valence-electron chi connectivity index (χ1n) is 5.28. The average molecular weight is 239 g/mol. The molecule has 82 valence electrons. The van der Waals surface area contributed by atoms with Crippen LogP contribution < -0.4 is 5.32 Å². The summed E-state index contributed by atoms with van der Waals surface area (Å²) in [4.78, 5) is 1.34. The van der Waals surface area contributed by atoms with Gasteiger partial charge in [-0.25, -0.2) is 0 Å². The first-order chi connectivity index (χ1) is 7.29. The van der Waals surface area contributed by atoms with Crippen molar-refractivity contribution in [1.82, 2.24) is 5.32 Å². The van der Waals surface area contributed by atoms with E-state index in [0.717, 1.165) is 12.5 Å². The fourth-order valence-corrected chi connectivity index (χ4v) is 3.29. The van der Waals surface area contributed by atoms with E-state index in [1.807, 2.05) is 11.8 Å². The molecule has 0 saturated carbocycles. The van der Waals surface area contributed by atoms with Crippen molar-refractivity contribution in [3.8, 4) is 0 Å². The van der Waals surface area contributed by atoms with E-state index in [0.29, 0.717) is 5.37 Å². The van der Waals surface area contributed by atoms with Gasteiger partial charge in [0.25, 0.3) is 0 Å². The summed E-state index contributed by atoms with van der Waals surface area (Å²) in [6, 6.07) is 8.90. The van der Waals surface area contributed by atoms with Crippen molar-refractivity contribution in [3.05, 3.63) is 29.8 Å². The standard InChI is InChI=1S/C12H17NS2/c1-9-7-13-12(15-8-9)10-3-5-11(14-2)6-4-10/h3-6,9,12-13H,7-8H2,1-2H3. The molecule has 1 nitrogen and oxygen atoms in total. The maximum Gasteiger partial charge on any atom is 0.0789 e. The van der Waals surface area contributed by atoms with Crippen molar-refractivity contribution < 1.29 is 0 Å². The van der Waals surface area contributed by atoms with Gasteiger partial charge in [0.15, 0.2) is 0 Å². The van der Waals surface area contributed by atoms with Gasteiger partial charge in [0, 0.05) is 4.90 Å². The molecule has 1 aliphatic heterocycles. The lowest BCUT2D eigenvalue weighted by molar-refractivity contribution is 0.529. The smallest absolute Gasteiger partial charge is 0.0789 e. The molecule has 15 heavy (non-hydrogen) atoms. The molecule has 0 aromatic heterocycles. The van der Waals surface area contributed by atoms with E-state index in [1.165, 1.54) is 16.2 Å². The monoisotopic (exact) mass is 239 g/mol. The van der Waals surface area contributed by atoms with E-state index < -0.39 is 0 Å². The van der Waals surface area contributed by atoms with Crippen molar-refractivity contribution in [2.24, 2.45) is 5.92 Å². The molecule has 2 atom stereocenters. The quantitative estimate of drug-likeness (QED) is 0.795. The molecule has 1 heterocycles. The fraction of sp³-hybridized carbons (Fsp3) is 0.500. The van der Waals surface area contributed by atoms with Crippen molar-refractivity contribution in [2.75, 3.05) is 18.6 Å². The van der Waals surface area contributed by atoms with Gasteiger partial charge in [-0.1, -0.05) is 19.1 Å². The van der Waals surface area contributed by atoms with E-state index in [2.05, 4.69) is 42.8 Å². The molecule has 0 aliphatic carbocycles. The highest BCUT2D eigenvalue weighted by atomic mass is 32.2. The Morgan fingerprint density at radius 3 is 2.60 bits per heavy atom. The molecule has 0 amide bonds. The SMILES string of the molecule is CSc1ccc(C2NCC(C)CS2)cc1. The lowest BCUT2D eigenvalue weighted by atomic mass is 10.2. The summed E-state index contributed by atoms with van der Waals surface area (Å²) < 4.78 is 0. The molecule has 3 heteroatoms. The first-order valence-corrected chi connectivity index (χ1v) is 7.56. The van der Waals surface area contributed by atoms with Gasteiger partial charge < -0.3 is 5.32 Å².